The maximum atomic E-state index is 14.5. The highest BCUT2D eigenvalue weighted by atomic mass is 32.2. The van der Waals surface area contributed by atoms with Gasteiger partial charge < -0.3 is 0 Å². The van der Waals surface area contributed by atoms with E-state index in [1.165, 1.54) is 22.3 Å². The summed E-state index contributed by atoms with van der Waals surface area (Å²) in [6.45, 7) is 22.4. The van der Waals surface area contributed by atoms with Gasteiger partial charge >= 0.3 is 0 Å². The first kappa shape index (κ1) is 26.8. The molecule has 0 aliphatic heterocycles. The lowest BCUT2D eigenvalue weighted by Gasteiger charge is -2.39. The minimum atomic E-state index is -2.53. The Labute approximate surface area is 188 Å². The van der Waals surface area contributed by atoms with Crippen molar-refractivity contribution in [2.45, 2.75) is 98.6 Å². The highest BCUT2D eigenvalue weighted by molar-refractivity contribution is 8.01. The molecule has 0 aliphatic carbocycles. The van der Waals surface area contributed by atoms with Crippen LogP contribution in [0.5, 0.6) is 0 Å². The van der Waals surface area contributed by atoms with Crippen LogP contribution in [0.4, 0.5) is 0 Å². The van der Waals surface area contributed by atoms with Gasteiger partial charge in [-0.1, -0.05) is 83.4 Å². The molecule has 0 spiro atoms. The Morgan fingerprint density at radius 1 is 1.10 bits per heavy atom. The van der Waals surface area contributed by atoms with Crippen LogP contribution in [0.3, 0.4) is 0 Å². The molecule has 0 heterocycles. The van der Waals surface area contributed by atoms with Crippen molar-refractivity contribution in [1.29, 1.82) is 0 Å². The van der Waals surface area contributed by atoms with Crippen LogP contribution >= 0.6 is 0 Å². The molecule has 0 bridgehead atoms. The molecular formula is C28H46OS. The first-order valence-electron chi connectivity index (χ1n) is 11.5. The molecule has 2 unspecified atom stereocenters. The highest BCUT2D eigenvalue weighted by Crippen LogP contribution is 2.44. The van der Waals surface area contributed by atoms with E-state index in [4.69, 9.17) is 0 Å². The van der Waals surface area contributed by atoms with E-state index in [2.05, 4.69) is 93.3 Å². The summed E-state index contributed by atoms with van der Waals surface area (Å²) in [6.07, 6.45) is 5.14. The normalized spacial score (nSPS) is 17.1. The van der Waals surface area contributed by atoms with Gasteiger partial charge in [0.2, 0.25) is 0 Å². The molecule has 2 heteroatoms. The van der Waals surface area contributed by atoms with Crippen LogP contribution in [0.15, 0.2) is 52.0 Å². The maximum Gasteiger partial charge on any atom is 0.0568 e. The van der Waals surface area contributed by atoms with Crippen molar-refractivity contribution < 1.29 is 4.21 Å². The summed E-state index contributed by atoms with van der Waals surface area (Å²) in [5.74, 6) is 5.39. The van der Waals surface area contributed by atoms with Crippen LogP contribution < -0.4 is 0 Å². The molecule has 0 aliphatic rings. The van der Waals surface area contributed by atoms with E-state index in [9.17, 15) is 4.21 Å². The van der Waals surface area contributed by atoms with Gasteiger partial charge in [0.25, 0.3) is 0 Å². The first-order chi connectivity index (χ1) is 13.7. The Balaban J connectivity index is 3.81. The molecule has 2 atom stereocenters. The molecule has 0 fully saturated rings. The van der Waals surface area contributed by atoms with Crippen molar-refractivity contribution in [3.8, 4) is 0 Å². The maximum absolute atomic E-state index is 14.5. The minimum absolute atomic E-state index is 0.0370. The second kappa shape index (κ2) is 10.8. The molecule has 0 N–H and O–H groups in total. The van der Waals surface area contributed by atoms with Crippen molar-refractivity contribution in [2.75, 3.05) is 0 Å². The fourth-order valence-corrected chi connectivity index (χ4v) is 7.09. The Kier molecular flexibility index (Phi) is 9.67. The topological polar surface area (TPSA) is 17.1 Å². The lowest BCUT2D eigenvalue weighted by atomic mass is 9.72. The number of hydrogen-bond donors (Lipinski definition) is 0. The first-order valence-corrected chi connectivity index (χ1v) is 13.3. The molecule has 1 aromatic carbocycles. The van der Waals surface area contributed by atoms with Gasteiger partial charge in [-0.3, -0.25) is 4.21 Å². The zero-order valence-electron chi connectivity index (χ0n) is 21.3. The van der Waals surface area contributed by atoms with E-state index >= 15 is 0 Å². The molecule has 30 heavy (non-hydrogen) atoms. The van der Waals surface area contributed by atoms with E-state index in [1.807, 2.05) is 12.1 Å². The van der Waals surface area contributed by atoms with Crippen molar-refractivity contribution in [2.24, 2.45) is 17.3 Å². The molecule has 1 nitrogen and oxygen atoms in total. The van der Waals surface area contributed by atoms with Gasteiger partial charge in [-0.25, -0.2) is 0 Å². The van der Waals surface area contributed by atoms with Crippen LogP contribution in [0.1, 0.15) is 87.1 Å². The second-order valence-corrected chi connectivity index (χ2v) is 12.9. The third-order valence-corrected chi connectivity index (χ3v) is 8.59. The van der Waals surface area contributed by atoms with E-state index in [0.29, 0.717) is 11.8 Å². The second-order valence-electron chi connectivity index (χ2n) is 10.4. The third-order valence-electron chi connectivity index (χ3n) is 6.20. The summed E-state index contributed by atoms with van der Waals surface area (Å²) in [4.78, 5) is 0.872. The molecule has 0 aromatic heterocycles. The lowest BCUT2D eigenvalue weighted by molar-refractivity contribution is 0.330. The van der Waals surface area contributed by atoms with E-state index in [1.54, 1.807) is 0 Å². The van der Waals surface area contributed by atoms with E-state index in [-0.39, 0.29) is 10.7 Å². The predicted octanol–water partition coefficient (Wildman–Crippen LogP) is 8.23. The number of allylic oxidation sites excluding steroid dienone is 3. The molecule has 1 rings (SSSR count). The molecule has 0 amide bonds. The van der Waals surface area contributed by atoms with Gasteiger partial charge in [0.1, 0.15) is 0 Å². The summed E-state index contributed by atoms with van der Waals surface area (Å²) < 4.78 is 14.5. The minimum Gasteiger partial charge on any atom is -0.263 e. The molecule has 0 saturated heterocycles. The number of aryl methyl sites for hydroxylation is 1. The van der Waals surface area contributed by atoms with Gasteiger partial charge in [-0.2, -0.15) is 0 Å². The Hall–Kier alpha value is -1.28. The van der Waals surface area contributed by atoms with E-state index < -0.39 is 9.52 Å². The zero-order chi connectivity index (χ0) is 23.3. The Morgan fingerprint density at radius 3 is 2.07 bits per heavy atom. The summed E-state index contributed by atoms with van der Waals surface area (Å²) in [5.41, 5.74) is 5.18. The van der Waals surface area contributed by atoms with Crippen molar-refractivity contribution in [3.63, 3.8) is 0 Å². The number of rotatable bonds is 10. The summed E-state index contributed by atoms with van der Waals surface area (Å²) in [5, 5.41) is -0.0980. The molecule has 1 aromatic rings. The van der Waals surface area contributed by atoms with Gasteiger partial charge in [0.05, 0.1) is 5.25 Å². The van der Waals surface area contributed by atoms with Crippen molar-refractivity contribution in [1.82, 2.24) is 0 Å². The van der Waals surface area contributed by atoms with Gasteiger partial charge in [-0.05, 0) is 80.9 Å². The van der Waals surface area contributed by atoms with Crippen LogP contribution in [0.25, 0.3) is 0 Å². The number of benzene rings is 1. The average molecular weight is 431 g/mol. The standard InChI is InChI=1S/C28H46OS/c1-12-13-23(7)18-26(30(11,29)25-16-14-22(6)15-17-25)27(24(8)21(4)5)28(9,10)19-20(2)3/h13-17,20-21,26H,11-12,18-19H2,1-10H3/b23-13+,27-24-. The van der Waals surface area contributed by atoms with Crippen LogP contribution in [-0.2, 0) is 9.52 Å². The van der Waals surface area contributed by atoms with Crippen molar-refractivity contribution in [3.05, 3.63) is 52.6 Å². The lowest BCUT2D eigenvalue weighted by Crippen LogP contribution is -2.34. The van der Waals surface area contributed by atoms with Gasteiger partial charge in [-0.15, -0.1) is 0 Å². The smallest absolute Gasteiger partial charge is 0.0568 e. The SMILES string of the molecule is C=S(=O)(c1ccc(C)cc1)C(C/C(C)=C/CC)/C(=C(\C)C(C)C)C(C)(C)CC(C)C. The summed E-state index contributed by atoms with van der Waals surface area (Å²) in [7, 11) is -2.53. The average Bonchev–Trinajstić information content (AvgIpc) is 2.60. The van der Waals surface area contributed by atoms with Crippen LogP contribution in [0, 0.1) is 24.2 Å². The molecule has 170 valence electrons. The summed E-state index contributed by atoms with van der Waals surface area (Å²) >= 11 is 0. The number of hydrogen-bond acceptors (Lipinski definition) is 1. The Bertz CT molecular complexity index is 846. The molecule has 0 radical (unpaired) electrons. The summed E-state index contributed by atoms with van der Waals surface area (Å²) in [6, 6.07) is 8.16. The molecule has 0 saturated carbocycles. The molecular weight excluding hydrogens is 384 g/mol. The van der Waals surface area contributed by atoms with Gasteiger partial charge in [0.15, 0.2) is 0 Å². The highest BCUT2D eigenvalue weighted by Gasteiger charge is 2.37. The van der Waals surface area contributed by atoms with Crippen LogP contribution in [0.2, 0.25) is 0 Å². The van der Waals surface area contributed by atoms with E-state index in [0.717, 1.165) is 24.2 Å². The Morgan fingerprint density at radius 2 is 1.63 bits per heavy atom. The monoisotopic (exact) mass is 430 g/mol. The van der Waals surface area contributed by atoms with Crippen molar-refractivity contribution >= 4 is 15.4 Å². The third kappa shape index (κ3) is 6.87. The predicted molar refractivity (Wildman–Crippen MR) is 138 cm³/mol. The van der Waals surface area contributed by atoms with Gasteiger partial charge in [0, 0.05) is 14.4 Å². The zero-order valence-corrected chi connectivity index (χ0v) is 22.1. The largest absolute Gasteiger partial charge is 0.263 e. The fourth-order valence-electron chi connectivity index (χ4n) is 4.75. The quantitative estimate of drug-likeness (QED) is 0.270. The fraction of sp³-hybridized carbons (Fsp3) is 0.607. The van der Waals surface area contributed by atoms with Crippen LogP contribution in [-0.4, -0.2) is 15.3 Å².